The number of rotatable bonds is 2. The molecule has 0 unspecified atom stereocenters. The Bertz CT molecular complexity index is 813. The second-order valence-corrected chi connectivity index (χ2v) is 4.27. The van der Waals surface area contributed by atoms with Gasteiger partial charge in [0.05, 0.1) is 11.9 Å². The molecule has 1 aromatic carbocycles. The fraction of sp³-hybridized carbons (Fsp3) is 0.0714. The zero-order chi connectivity index (χ0) is 14.1. The number of hydrogen-bond acceptors (Lipinski definition) is 3. The second-order valence-electron chi connectivity index (χ2n) is 4.27. The number of hydrogen-bond donors (Lipinski definition) is 0. The summed E-state index contributed by atoms with van der Waals surface area (Å²) < 4.78 is 27.8. The first-order valence-corrected chi connectivity index (χ1v) is 5.84. The lowest BCUT2D eigenvalue weighted by Gasteiger charge is -2.03. The molecule has 0 saturated carbocycles. The maximum absolute atomic E-state index is 13.2. The van der Waals surface area contributed by atoms with Crippen molar-refractivity contribution in [3.05, 3.63) is 59.4 Å². The van der Waals surface area contributed by atoms with E-state index in [-0.39, 0.29) is 12.2 Å². The van der Waals surface area contributed by atoms with Crippen molar-refractivity contribution in [1.29, 1.82) is 5.26 Å². The van der Waals surface area contributed by atoms with Crippen molar-refractivity contribution in [3.8, 4) is 6.07 Å². The minimum absolute atomic E-state index is 0.143. The van der Waals surface area contributed by atoms with E-state index in [1.807, 2.05) is 6.07 Å². The molecule has 3 rings (SSSR count). The van der Waals surface area contributed by atoms with Gasteiger partial charge in [-0.1, -0.05) is 0 Å². The van der Waals surface area contributed by atoms with Gasteiger partial charge in [0.15, 0.2) is 11.3 Å². The Hall–Kier alpha value is -2.81. The Morgan fingerprint density at radius 1 is 1.20 bits per heavy atom. The summed E-state index contributed by atoms with van der Waals surface area (Å²) in [6.45, 7) is 0.143. The lowest BCUT2D eigenvalue weighted by molar-refractivity contribution is 0.575. The van der Waals surface area contributed by atoms with Crippen molar-refractivity contribution >= 4 is 11.0 Å². The van der Waals surface area contributed by atoms with Crippen molar-refractivity contribution in [2.45, 2.75) is 6.54 Å². The van der Waals surface area contributed by atoms with Crippen LogP contribution in [0.2, 0.25) is 0 Å². The van der Waals surface area contributed by atoms with Gasteiger partial charge in [-0.15, -0.1) is 0 Å². The number of pyridine rings is 1. The van der Waals surface area contributed by atoms with Crippen LogP contribution in [-0.2, 0) is 6.54 Å². The van der Waals surface area contributed by atoms with Gasteiger partial charge in [0, 0.05) is 12.3 Å². The molecule has 6 heteroatoms. The molecule has 3 aromatic rings. The highest BCUT2D eigenvalue weighted by atomic mass is 19.1. The third kappa shape index (κ3) is 2.10. The van der Waals surface area contributed by atoms with Crippen LogP contribution >= 0.6 is 0 Å². The van der Waals surface area contributed by atoms with Crippen LogP contribution in [-0.4, -0.2) is 14.8 Å². The van der Waals surface area contributed by atoms with Gasteiger partial charge in [-0.25, -0.2) is 18.4 Å². The molecule has 0 saturated heterocycles. The number of nitrogens with zero attached hydrogens (tertiary/aromatic N) is 4. The van der Waals surface area contributed by atoms with Gasteiger partial charge in [-0.3, -0.25) is 0 Å². The van der Waals surface area contributed by atoms with Crippen LogP contribution in [0.25, 0.3) is 11.0 Å². The molecule has 0 radical (unpaired) electrons. The summed E-state index contributed by atoms with van der Waals surface area (Å²) in [4.78, 5) is 4.15. The predicted molar refractivity (Wildman–Crippen MR) is 67.7 cm³/mol. The molecule has 0 aliphatic heterocycles. The molecule has 0 bridgehead atoms. The van der Waals surface area contributed by atoms with E-state index in [9.17, 15) is 8.78 Å². The summed E-state index contributed by atoms with van der Waals surface area (Å²) in [5, 5.41) is 13.8. The molecule has 0 N–H and O–H groups in total. The highest BCUT2D eigenvalue weighted by Gasteiger charge is 2.11. The average Bonchev–Trinajstić information content (AvgIpc) is 2.76. The number of halogens is 2. The molecule has 0 atom stereocenters. The van der Waals surface area contributed by atoms with E-state index in [0.29, 0.717) is 16.6 Å². The van der Waals surface area contributed by atoms with Crippen LogP contribution in [0.15, 0.2) is 36.5 Å². The van der Waals surface area contributed by atoms with Crippen LogP contribution in [0.4, 0.5) is 8.78 Å². The smallest absolute Gasteiger partial charge is 0.172 e. The Morgan fingerprint density at radius 2 is 1.95 bits per heavy atom. The first-order chi connectivity index (χ1) is 9.67. The summed E-state index contributed by atoms with van der Waals surface area (Å²) >= 11 is 0. The van der Waals surface area contributed by atoms with E-state index in [1.165, 1.54) is 16.8 Å². The molecule has 0 aliphatic rings. The number of benzene rings is 1. The molecule has 0 spiro atoms. The van der Waals surface area contributed by atoms with Gasteiger partial charge in [-0.2, -0.15) is 10.4 Å². The third-order valence-corrected chi connectivity index (χ3v) is 2.87. The maximum atomic E-state index is 13.2. The lowest BCUT2D eigenvalue weighted by Crippen LogP contribution is -2.03. The fourth-order valence-electron chi connectivity index (χ4n) is 2.08. The molecule has 0 amide bonds. The van der Waals surface area contributed by atoms with Gasteiger partial charge in [0.25, 0.3) is 0 Å². The van der Waals surface area contributed by atoms with E-state index in [0.717, 1.165) is 6.07 Å². The lowest BCUT2D eigenvalue weighted by atomic mass is 10.2. The van der Waals surface area contributed by atoms with E-state index in [1.54, 1.807) is 18.3 Å². The van der Waals surface area contributed by atoms with Crippen molar-refractivity contribution < 1.29 is 8.78 Å². The van der Waals surface area contributed by atoms with Gasteiger partial charge in [0.1, 0.15) is 17.7 Å². The first-order valence-electron chi connectivity index (χ1n) is 5.84. The Morgan fingerprint density at radius 3 is 2.65 bits per heavy atom. The largest absolute Gasteiger partial charge is 0.241 e. The molecule has 0 aliphatic carbocycles. The summed E-state index contributed by atoms with van der Waals surface area (Å²) in [6, 6.07) is 8.68. The van der Waals surface area contributed by atoms with E-state index in [2.05, 4.69) is 10.1 Å². The third-order valence-electron chi connectivity index (χ3n) is 2.87. The second kappa shape index (κ2) is 4.70. The molecule has 2 aromatic heterocycles. The van der Waals surface area contributed by atoms with Crippen molar-refractivity contribution in [3.63, 3.8) is 0 Å². The van der Waals surface area contributed by atoms with Gasteiger partial charge < -0.3 is 0 Å². The predicted octanol–water partition coefficient (Wildman–Crippen LogP) is 2.63. The quantitative estimate of drug-likeness (QED) is 0.719. The van der Waals surface area contributed by atoms with Crippen LogP contribution in [0, 0.1) is 23.0 Å². The average molecular weight is 270 g/mol. The summed E-state index contributed by atoms with van der Waals surface area (Å²) in [5.41, 5.74) is 1.17. The summed E-state index contributed by atoms with van der Waals surface area (Å²) in [7, 11) is 0. The molecule has 2 heterocycles. The normalized spacial score (nSPS) is 10.7. The monoisotopic (exact) mass is 270 g/mol. The molecule has 98 valence electrons. The topological polar surface area (TPSA) is 54.5 Å². The minimum atomic E-state index is -0.648. The fourth-order valence-corrected chi connectivity index (χ4v) is 2.08. The SMILES string of the molecule is N#Cc1nn(Cc2cc(F)cc(F)c2)c2ncccc12. The molecule has 20 heavy (non-hydrogen) atoms. The van der Waals surface area contributed by atoms with Crippen LogP contribution < -0.4 is 0 Å². The molecular weight excluding hydrogens is 262 g/mol. The van der Waals surface area contributed by atoms with Crippen molar-refractivity contribution in [2.24, 2.45) is 0 Å². The first kappa shape index (κ1) is 12.2. The number of aromatic nitrogens is 3. The van der Waals surface area contributed by atoms with E-state index >= 15 is 0 Å². The summed E-state index contributed by atoms with van der Waals surface area (Å²) in [6.07, 6.45) is 1.58. The molecule has 0 fully saturated rings. The van der Waals surface area contributed by atoms with Crippen molar-refractivity contribution in [1.82, 2.24) is 14.8 Å². The highest BCUT2D eigenvalue weighted by molar-refractivity contribution is 5.80. The molecular formula is C14H8F2N4. The standard InChI is InChI=1S/C14H8F2N4/c15-10-4-9(5-11(16)6-10)8-20-14-12(2-1-3-18-14)13(7-17)19-20/h1-6H,8H2. The minimum Gasteiger partial charge on any atom is -0.241 e. The Kier molecular flexibility index (Phi) is 2.88. The van der Waals surface area contributed by atoms with Crippen LogP contribution in [0.5, 0.6) is 0 Å². The molecule has 4 nitrogen and oxygen atoms in total. The van der Waals surface area contributed by atoms with Crippen LogP contribution in [0.1, 0.15) is 11.3 Å². The van der Waals surface area contributed by atoms with E-state index in [4.69, 9.17) is 5.26 Å². The number of nitriles is 1. The number of fused-ring (bicyclic) bond motifs is 1. The van der Waals surface area contributed by atoms with Gasteiger partial charge in [-0.05, 0) is 29.8 Å². The Balaban J connectivity index is 2.09. The van der Waals surface area contributed by atoms with Gasteiger partial charge in [0.2, 0.25) is 0 Å². The maximum Gasteiger partial charge on any atom is 0.172 e. The van der Waals surface area contributed by atoms with E-state index < -0.39 is 11.6 Å². The highest BCUT2D eigenvalue weighted by Crippen LogP contribution is 2.17. The van der Waals surface area contributed by atoms with Crippen LogP contribution in [0.3, 0.4) is 0 Å². The van der Waals surface area contributed by atoms with Gasteiger partial charge >= 0.3 is 0 Å². The van der Waals surface area contributed by atoms with Crippen molar-refractivity contribution in [2.75, 3.05) is 0 Å². The summed E-state index contributed by atoms with van der Waals surface area (Å²) in [5.74, 6) is -1.30. The zero-order valence-corrected chi connectivity index (χ0v) is 10.2. The zero-order valence-electron chi connectivity index (χ0n) is 10.2. The Labute approximate surface area is 112 Å².